The third-order valence-corrected chi connectivity index (χ3v) is 4.03. The van der Waals surface area contributed by atoms with Gasteiger partial charge in [0.2, 0.25) is 5.91 Å². The van der Waals surface area contributed by atoms with Crippen LogP contribution in [0.15, 0.2) is 24.3 Å². The largest absolute Gasteiger partial charge is 0.467 e. The van der Waals surface area contributed by atoms with E-state index in [0.717, 1.165) is 5.56 Å². The van der Waals surface area contributed by atoms with Gasteiger partial charge in [-0.3, -0.25) is 4.79 Å². The minimum Gasteiger partial charge on any atom is -0.467 e. The van der Waals surface area contributed by atoms with Crippen LogP contribution in [0.3, 0.4) is 0 Å². The zero-order chi connectivity index (χ0) is 21.5. The number of carbonyl (C=O) groups excluding carboxylic acids is 3. The number of amides is 2. The summed E-state index contributed by atoms with van der Waals surface area (Å²) in [6.45, 7) is 8.77. The van der Waals surface area contributed by atoms with Gasteiger partial charge in [-0.15, -0.1) is 0 Å². The SMILES string of the molecule is COC(=O)[C@@H](NC(=O)[C@H](Cc1ccc(Cl)cc1)NC(=O)OC(C)(C)C)C(C)C. The van der Waals surface area contributed by atoms with Gasteiger partial charge in [-0.1, -0.05) is 37.6 Å². The van der Waals surface area contributed by atoms with E-state index in [2.05, 4.69) is 10.6 Å². The summed E-state index contributed by atoms with van der Waals surface area (Å²) >= 11 is 5.90. The molecule has 0 saturated carbocycles. The van der Waals surface area contributed by atoms with Gasteiger partial charge >= 0.3 is 12.1 Å². The molecule has 1 aromatic rings. The lowest BCUT2D eigenvalue weighted by Gasteiger charge is -2.26. The molecule has 0 aliphatic carbocycles. The maximum Gasteiger partial charge on any atom is 0.408 e. The molecule has 0 spiro atoms. The number of ether oxygens (including phenoxy) is 2. The van der Waals surface area contributed by atoms with Crippen molar-refractivity contribution in [1.82, 2.24) is 10.6 Å². The first-order chi connectivity index (χ1) is 12.9. The Morgan fingerprint density at radius 3 is 2.11 bits per heavy atom. The van der Waals surface area contributed by atoms with Crippen LogP contribution in [0, 0.1) is 5.92 Å². The highest BCUT2D eigenvalue weighted by molar-refractivity contribution is 6.30. The predicted molar refractivity (Wildman–Crippen MR) is 107 cm³/mol. The molecule has 0 heterocycles. The summed E-state index contributed by atoms with van der Waals surface area (Å²) in [4.78, 5) is 37.0. The van der Waals surface area contributed by atoms with Crippen molar-refractivity contribution >= 4 is 29.6 Å². The normalized spacial score (nSPS) is 13.4. The highest BCUT2D eigenvalue weighted by Crippen LogP contribution is 2.13. The van der Waals surface area contributed by atoms with Crippen LogP contribution < -0.4 is 10.6 Å². The molecule has 0 radical (unpaired) electrons. The summed E-state index contributed by atoms with van der Waals surface area (Å²) < 4.78 is 10.0. The van der Waals surface area contributed by atoms with Crippen molar-refractivity contribution in [3.05, 3.63) is 34.9 Å². The lowest BCUT2D eigenvalue weighted by Crippen LogP contribution is -2.54. The van der Waals surface area contributed by atoms with Gasteiger partial charge in [-0.25, -0.2) is 9.59 Å². The van der Waals surface area contributed by atoms with Gasteiger partial charge in [0, 0.05) is 11.4 Å². The Balaban J connectivity index is 3.00. The second-order valence-corrected chi connectivity index (χ2v) is 8.22. The van der Waals surface area contributed by atoms with E-state index in [9.17, 15) is 14.4 Å². The molecule has 8 heteroatoms. The lowest BCUT2D eigenvalue weighted by atomic mass is 10.0. The van der Waals surface area contributed by atoms with Crippen LogP contribution in [0.4, 0.5) is 4.79 Å². The second kappa shape index (κ2) is 10.3. The summed E-state index contributed by atoms with van der Waals surface area (Å²) in [5, 5.41) is 5.80. The quantitative estimate of drug-likeness (QED) is 0.671. The fraction of sp³-hybridized carbons (Fsp3) is 0.550. The summed E-state index contributed by atoms with van der Waals surface area (Å²) in [6, 6.07) is 5.15. The first-order valence-electron chi connectivity index (χ1n) is 9.05. The van der Waals surface area contributed by atoms with E-state index in [4.69, 9.17) is 21.1 Å². The monoisotopic (exact) mass is 412 g/mol. The molecule has 0 aromatic heterocycles. The zero-order valence-electron chi connectivity index (χ0n) is 17.2. The van der Waals surface area contributed by atoms with Crippen LogP contribution in [-0.4, -0.2) is 42.8 Å². The third-order valence-electron chi connectivity index (χ3n) is 3.78. The third kappa shape index (κ3) is 8.17. The van der Waals surface area contributed by atoms with Crippen molar-refractivity contribution in [3.63, 3.8) is 0 Å². The molecule has 0 bridgehead atoms. The van der Waals surface area contributed by atoms with Gasteiger partial charge in [0.25, 0.3) is 0 Å². The van der Waals surface area contributed by atoms with Crippen molar-refractivity contribution in [3.8, 4) is 0 Å². The van der Waals surface area contributed by atoms with Crippen molar-refractivity contribution < 1.29 is 23.9 Å². The Kier molecular flexibility index (Phi) is 8.75. The van der Waals surface area contributed by atoms with Gasteiger partial charge in [0.15, 0.2) is 0 Å². The van der Waals surface area contributed by atoms with Gasteiger partial charge in [-0.05, 0) is 44.4 Å². The zero-order valence-corrected chi connectivity index (χ0v) is 17.9. The van der Waals surface area contributed by atoms with Crippen LogP contribution in [-0.2, 0) is 25.5 Å². The number of methoxy groups -OCH3 is 1. The van der Waals surface area contributed by atoms with E-state index in [1.165, 1.54) is 7.11 Å². The lowest BCUT2D eigenvalue weighted by molar-refractivity contribution is -0.146. The molecule has 2 amide bonds. The predicted octanol–water partition coefficient (Wildman–Crippen LogP) is 3.09. The number of hydrogen-bond donors (Lipinski definition) is 2. The summed E-state index contributed by atoms with van der Waals surface area (Å²) in [5.41, 5.74) is 0.0810. The fourth-order valence-corrected chi connectivity index (χ4v) is 2.52. The number of esters is 1. The first kappa shape index (κ1) is 23.8. The average Bonchev–Trinajstić information content (AvgIpc) is 2.58. The second-order valence-electron chi connectivity index (χ2n) is 7.78. The van der Waals surface area contributed by atoms with Crippen molar-refractivity contribution in [2.45, 2.75) is 58.7 Å². The minimum absolute atomic E-state index is 0.186. The van der Waals surface area contributed by atoms with Crippen LogP contribution >= 0.6 is 11.6 Å². The Morgan fingerprint density at radius 1 is 1.07 bits per heavy atom. The molecule has 0 fully saturated rings. The number of hydrogen-bond acceptors (Lipinski definition) is 5. The van der Waals surface area contributed by atoms with Crippen LogP contribution in [0.1, 0.15) is 40.2 Å². The van der Waals surface area contributed by atoms with Gasteiger partial charge < -0.3 is 20.1 Å². The van der Waals surface area contributed by atoms with E-state index in [1.807, 2.05) is 0 Å². The fourth-order valence-electron chi connectivity index (χ4n) is 2.39. The Labute approximate surface area is 171 Å². The maximum atomic E-state index is 12.8. The number of carbonyl (C=O) groups is 3. The van der Waals surface area contributed by atoms with Crippen LogP contribution in [0.25, 0.3) is 0 Å². The van der Waals surface area contributed by atoms with E-state index in [-0.39, 0.29) is 12.3 Å². The molecule has 1 aromatic carbocycles. The Morgan fingerprint density at radius 2 is 1.64 bits per heavy atom. The van der Waals surface area contributed by atoms with Crippen molar-refractivity contribution in [2.24, 2.45) is 5.92 Å². The maximum absolute atomic E-state index is 12.8. The number of benzene rings is 1. The van der Waals surface area contributed by atoms with Crippen molar-refractivity contribution in [2.75, 3.05) is 7.11 Å². The van der Waals surface area contributed by atoms with Gasteiger partial charge in [0.05, 0.1) is 7.11 Å². The highest BCUT2D eigenvalue weighted by Gasteiger charge is 2.30. The number of nitrogens with one attached hydrogen (secondary N) is 2. The van der Waals surface area contributed by atoms with Gasteiger partial charge in [-0.2, -0.15) is 0 Å². The molecule has 2 N–H and O–H groups in total. The van der Waals surface area contributed by atoms with E-state index >= 15 is 0 Å². The first-order valence-corrected chi connectivity index (χ1v) is 9.43. The average molecular weight is 413 g/mol. The molecule has 2 atom stereocenters. The van der Waals surface area contributed by atoms with Crippen LogP contribution in [0.5, 0.6) is 0 Å². The molecule has 7 nitrogen and oxygen atoms in total. The molecule has 0 unspecified atom stereocenters. The smallest absolute Gasteiger partial charge is 0.408 e. The van der Waals surface area contributed by atoms with E-state index in [1.54, 1.807) is 58.9 Å². The molecule has 0 aliphatic rings. The molecule has 0 aliphatic heterocycles. The van der Waals surface area contributed by atoms with Crippen LogP contribution in [0.2, 0.25) is 5.02 Å². The van der Waals surface area contributed by atoms with Gasteiger partial charge in [0.1, 0.15) is 17.7 Å². The summed E-state index contributed by atoms with van der Waals surface area (Å²) in [7, 11) is 1.26. The number of rotatable bonds is 7. The summed E-state index contributed by atoms with van der Waals surface area (Å²) in [5.74, 6) is -1.25. The minimum atomic E-state index is -0.943. The topological polar surface area (TPSA) is 93.7 Å². The molecular formula is C20H29ClN2O5. The van der Waals surface area contributed by atoms with E-state index in [0.29, 0.717) is 5.02 Å². The molecule has 156 valence electrons. The highest BCUT2D eigenvalue weighted by atomic mass is 35.5. The molecule has 28 heavy (non-hydrogen) atoms. The standard InChI is InChI=1S/C20H29ClN2O5/c1-12(2)16(18(25)27-6)23-17(24)15(22-19(26)28-20(3,4)5)11-13-7-9-14(21)10-8-13/h7-10,12,15-16H,11H2,1-6H3,(H,22,26)(H,23,24)/t15-,16-/m0/s1. The Hall–Kier alpha value is -2.28. The number of alkyl carbamates (subject to hydrolysis) is 1. The molecular weight excluding hydrogens is 384 g/mol. The number of halogens is 1. The molecule has 1 rings (SSSR count). The van der Waals surface area contributed by atoms with Crippen molar-refractivity contribution in [1.29, 1.82) is 0 Å². The summed E-state index contributed by atoms with van der Waals surface area (Å²) in [6.07, 6.45) is -0.519. The Bertz CT molecular complexity index is 683. The van der Waals surface area contributed by atoms with E-state index < -0.39 is 35.7 Å². The molecule has 0 saturated heterocycles.